The molecule has 1 fully saturated rings. The van der Waals surface area contributed by atoms with Crippen LogP contribution in [0.5, 0.6) is 23.0 Å². The molecule has 3 aromatic rings. The molecule has 1 atom stereocenters. The van der Waals surface area contributed by atoms with Crippen LogP contribution in [0.2, 0.25) is 5.02 Å². The first kappa shape index (κ1) is 27.9. The average Bonchev–Trinajstić information content (AvgIpc) is 3.17. The van der Waals surface area contributed by atoms with Gasteiger partial charge in [-0.05, 0) is 67.8 Å². The number of aryl methyl sites for hydroxylation is 2. The van der Waals surface area contributed by atoms with Crippen molar-refractivity contribution < 1.29 is 33.6 Å². The third kappa shape index (κ3) is 5.12. The van der Waals surface area contributed by atoms with Gasteiger partial charge in [-0.3, -0.25) is 14.5 Å². The second kappa shape index (κ2) is 11.3. The number of hydrogen-bond acceptors (Lipinski definition) is 7. The molecule has 8 nitrogen and oxygen atoms in total. The van der Waals surface area contributed by atoms with Crippen molar-refractivity contribution in [3.05, 3.63) is 81.4 Å². The molecule has 1 aliphatic heterocycles. The highest BCUT2D eigenvalue weighted by atomic mass is 35.5. The summed E-state index contributed by atoms with van der Waals surface area (Å²) in [5.41, 5.74) is 2.93. The van der Waals surface area contributed by atoms with Gasteiger partial charge in [0.1, 0.15) is 17.3 Å². The molecular formula is C30H30ClNO7. The average molecular weight is 552 g/mol. The highest BCUT2D eigenvalue weighted by Gasteiger charge is 2.47. The van der Waals surface area contributed by atoms with E-state index in [4.69, 9.17) is 30.5 Å². The van der Waals surface area contributed by atoms with Gasteiger partial charge in [-0.15, -0.1) is 0 Å². The van der Waals surface area contributed by atoms with Crippen molar-refractivity contribution in [2.75, 3.05) is 32.8 Å². The van der Waals surface area contributed by atoms with Gasteiger partial charge in [-0.25, -0.2) is 0 Å². The van der Waals surface area contributed by atoms with Gasteiger partial charge < -0.3 is 24.1 Å². The van der Waals surface area contributed by atoms with Crippen LogP contribution in [0.3, 0.4) is 0 Å². The Morgan fingerprint density at radius 3 is 2.10 bits per heavy atom. The summed E-state index contributed by atoms with van der Waals surface area (Å²) in [5, 5.41) is 11.9. The molecule has 0 spiro atoms. The van der Waals surface area contributed by atoms with Crippen LogP contribution in [0, 0.1) is 13.8 Å². The number of halogens is 1. The largest absolute Gasteiger partial charge is 0.507 e. The van der Waals surface area contributed by atoms with E-state index >= 15 is 0 Å². The molecule has 1 saturated heterocycles. The summed E-state index contributed by atoms with van der Waals surface area (Å²) in [5.74, 6) is -0.642. The monoisotopic (exact) mass is 551 g/mol. The molecule has 1 aliphatic rings. The van der Waals surface area contributed by atoms with Gasteiger partial charge in [-0.1, -0.05) is 23.7 Å². The minimum absolute atomic E-state index is 0.116. The molecule has 0 aromatic heterocycles. The quantitative estimate of drug-likeness (QED) is 0.208. The van der Waals surface area contributed by atoms with Crippen molar-refractivity contribution in [2.45, 2.75) is 26.8 Å². The number of ketones is 1. The third-order valence-corrected chi connectivity index (χ3v) is 6.76. The lowest BCUT2D eigenvalue weighted by Crippen LogP contribution is -2.29. The number of anilines is 1. The maximum atomic E-state index is 13.6. The zero-order valence-electron chi connectivity index (χ0n) is 22.6. The van der Waals surface area contributed by atoms with Crippen molar-refractivity contribution in [3.8, 4) is 23.0 Å². The van der Waals surface area contributed by atoms with Gasteiger partial charge in [0, 0.05) is 11.8 Å². The van der Waals surface area contributed by atoms with Crippen molar-refractivity contribution in [1.82, 2.24) is 0 Å². The molecule has 0 radical (unpaired) electrons. The molecule has 1 heterocycles. The minimum Gasteiger partial charge on any atom is -0.507 e. The Kier molecular flexibility index (Phi) is 8.06. The number of methoxy groups -OCH3 is 3. The highest BCUT2D eigenvalue weighted by Crippen LogP contribution is 2.46. The van der Waals surface area contributed by atoms with Gasteiger partial charge in [0.2, 0.25) is 0 Å². The number of benzene rings is 3. The summed E-state index contributed by atoms with van der Waals surface area (Å²) in [6, 6.07) is 12.7. The van der Waals surface area contributed by atoms with E-state index in [0.717, 1.165) is 11.1 Å². The Labute approximate surface area is 232 Å². The standard InChI is InChI=1S/C30H30ClNO7/c1-7-39-25-13-18(8-9-22(25)36-4)27-26(28(33)20-14-24(38-6)21(31)15-23(20)37-5)29(34)30(35)32(27)19-11-16(2)10-17(3)12-19/h8-15,27,33H,7H2,1-6H3/b28-26+. The van der Waals surface area contributed by atoms with Crippen LogP contribution in [-0.2, 0) is 9.59 Å². The summed E-state index contributed by atoms with van der Waals surface area (Å²) >= 11 is 6.27. The molecule has 4 rings (SSSR count). The van der Waals surface area contributed by atoms with Gasteiger partial charge in [0.25, 0.3) is 11.7 Å². The topological polar surface area (TPSA) is 94.5 Å². The van der Waals surface area contributed by atoms with Crippen LogP contribution in [0.1, 0.15) is 35.2 Å². The first-order valence-electron chi connectivity index (χ1n) is 12.3. The Hall–Kier alpha value is -4.17. The highest BCUT2D eigenvalue weighted by molar-refractivity contribution is 6.51. The first-order valence-corrected chi connectivity index (χ1v) is 12.6. The molecule has 0 saturated carbocycles. The van der Waals surface area contributed by atoms with Crippen molar-refractivity contribution in [3.63, 3.8) is 0 Å². The van der Waals surface area contributed by atoms with Crippen LogP contribution in [0.25, 0.3) is 5.76 Å². The van der Waals surface area contributed by atoms with E-state index in [0.29, 0.717) is 29.4 Å². The molecule has 1 unspecified atom stereocenters. The molecule has 0 bridgehead atoms. The maximum Gasteiger partial charge on any atom is 0.300 e. The number of Topliss-reactive ketones (excluding diaryl/α,β-unsaturated/α-hetero) is 1. The third-order valence-electron chi connectivity index (χ3n) is 6.46. The van der Waals surface area contributed by atoms with Gasteiger partial charge in [0.05, 0.1) is 50.1 Å². The maximum absolute atomic E-state index is 13.6. The van der Waals surface area contributed by atoms with Crippen LogP contribution in [0.15, 0.2) is 54.1 Å². The number of ether oxygens (including phenoxy) is 4. The molecule has 3 aromatic carbocycles. The number of aliphatic hydroxyl groups is 1. The number of aliphatic hydroxyl groups excluding tert-OH is 1. The minimum atomic E-state index is -0.984. The predicted octanol–water partition coefficient (Wildman–Crippen LogP) is 6.01. The van der Waals surface area contributed by atoms with E-state index in [1.165, 1.54) is 38.4 Å². The van der Waals surface area contributed by atoms with Crippen LogP contribution in [0.4, 0.5) is 5.69 Å². The second-order valence-electron chi connectivity index (χ2n) is 9.05. The SMILES string of the molecule is CCOc1cc(C2/C(=C(\O)c3cc(OC)c(Cl)cc3OC)C(=O)C(=O)N2c2cc(C)cc(C)c2)ccc1OC. The van der Waals surface area contributed by atoms with E-state index in [2.05, 4.69) is 0 Å². The van der Waals surface area contributed by atoms with Crippen molar-refractivity contribution >= 4 is 34.7 Å². The normalized spacial score (nSPS) is 16.4. The van der Waals surface area contributed by atoms with E-state index < -0.39 is 23.5 Å². The summed E-state index contributed by atoms with van der Waals surface area (Å²) in [6.45, 7) is 6.04. The number of hydrogen-bond donors (Lipinski definition) is 1. The number of nitrogens with zero attached hydrogens (tertiary/aromatic N) is 1. The van der Waals surface area contributed by atoms with Gasteiger partial charge >= 0.3 is 0 Å². The fourth-order valence-electron chi connectivity index (χ4n) is 4.83. The fraction of sp³-hybridized carbons (Fsp3) is 0.267. The number of rotatable bonds is 8. The van der Waals surface area contributed by atoms with Gasteiger partial charge in [-0.2, -0.15) is 0 Å². The summed E-state index contributed by atoms with van der Waals surface area (Å²) < 4.78 is 22.0. The molecular weight excluding hydrogens is 522 g/mol. The molecule has 39 heavy (non-hydrogen) atoms. The zero-order chi connectivity index (χ0) is 28.4. The second-order valence-corrected chi connectivity index (χ2v) is 9.45. The molecule has 1 amide bonds. The van der Waals surface area contributed by atoms with Crippen LogP contribution < -0.4 is 23.8 Å². The summed E-state index contributed by atoms with van der Waals surface area (Å²) in [4.78, 5) is 28.7. The molecule has 204 valence electrons. The predicted molar refractivity (Wildman–Crippen MR) is 149 cm³/mol. The Bertz CT molecular complexity index is 1460. The Morgan fingerprint density at radius 1 is 0.872 bits per heavy atom. The van der Waals surface area contributed by atoms with Gasteiger partial charge in [0.15, 0.2) is 11.5 Å². The van der Waals surface area contributed by atoms with Crippen LogP contribution >= 0.6 is 11.6 Å². The molecule has 0 aliphatic carbocycles. The van der Waals surface area contributed by atoms with E-state index in [1.54, 1.807) is 18.2 Å². The van der Waals surface area contributed by atoms with Crippen LogP contribution in [-0.4, -0.2) is 44.7 Å². The summed E-state index contributed by atoms with van der Waals surface area (Å²) in [7, 11) is 4.38. The lowest BCUT2D eigenvalue weighted by atomic mass is 9.94. The first-order chi connectivity index (χ1) is 18.6. The van der Waals surface area contributed by atoms with Crippen molar-refractivity contribution in [1.29, 1.82) is 0 Å². The number of carbonyl (C=O) groups is 2. The Morgan fingerprint density at radius 2 is 1.51 bits per heavy atom. The molecule has 9 heteroatoms. The summed E-state index contributed by atoms with van der Waals surface area (Å²) in [6.07, 6.45) is 0. The lowest BCUT2D eigenvalue weighted by molar-refractivity contribution is -0.132. The van der Waals surface area contributed by atoms with E-state index in [1.807, 2.05) is 39.0 Å². The Balaban J connectivity index is 2.04. The molecule has 1 N–H and O–H groups in total. The number of carbonyl (C=O) groups excluding carboxylic acids is 2. The van der Waals surface area contributed by atoms with E-state index in [-0.39, 0.29) is 27.7 Å². The number of amides is 1. The van der Waals surface area contributed by atoms with E-state index in [9.17, 15) is 14.7 Å². The smallest absolute Gasteiger partial charge is 0.300 e. The zero-order valence-corrected chi connectivity index (χ0v) is 23.4. The fourth-order valence-corrected chi connectivity index (χ4v) is 5.06. The lowest BCUT2D eigenvalue weighted by Gasteiger charge is -2.27. The van der Waals surface area contributed by atoms with Crippen molar-refractivity contribution in [2.24, 2.45) is 0 Å².